The maximum absolute atomic E-state index is 11.2. The quantitative estimate of drug-likeness (QED) is 0.651. The Hall–Kier alpha value is -3.59. The van der Waals surface area contributed by atoms with Gasteiger partial charge in [0.25, 0.3) is 0 Å². The number of H-pyrrole nitrogens is 1. The molecule has 2 heterocycles. The van der Waals surface area contributed by atoms with E-state index in [0.29, 0.717) is 17.9 Å². The molecule has 130 valence electrons. The van der Waals surface area contributed by atoms with E-state index >= 15 is 0 Å². The third-order valence-corrected chi connectivity index (χ3v) is 3.86. The van der Waals surface area contributed by atoms with Gasteiger partial charge in [0.05, 0.1) is 5.69 Å². The monoisotopic (exact) mass is 345 g/mol. The molecule has 0 aliphatic rings. The van der Waals surface area contributed by atoms with Gasteiger partial charge in [0.1, 0.15) is 17.5 Å². The first-order valence-corrected chi connectivity index (χ1v) is 8.33. The molecule has 3 rings (SSSR count). The van der Waals surface area contributed by atoms with E-state index in [2.05, 4.69) is 26.7 Å². The second-order valence-corrected chi connectivity index (χ2v) is 5.76. The van der Waals surface area contributed by atoms with Gasteiger partial charge in [-0.2, -0.15) is 5.26 Å². The highest BCUT2D eigenvalue weighted by molar-refractivity contribution is 5.89. The van der Waals surface area contributed by atoms with Crippen LogP contribution in [0.3, 0.4) is 0 Å². The first-order chi connectivity index (χ1) is 12.6. The molecule has 6 nitrogen and oxygen atoms in total. The molecule has 0 bridgehead atoms. The van der Waals surface area contributed by atoms with Crippen molar-refractivity contribution < 1.29 is 4.79 Å². The SMILES string of the molecule is CCNc1nc(-c2ccc(NC(C)=O)cc2)cc(-c2ccc[nH]2)c1C#N. The highest BCUT2D eigenvalue weighted by Gasteiger charge is 2.15. The number of rotatable bonds is 5. The lowest BCUT2D eigenvalue weighted by Gasteiger charge is -2.13. The van der Waals surface area contributed by atoms with Crippen LogP contribution in [0, 0.1) is 11.3 Å². The number of amides is 1. The number of aromatic amines is 1. The van der Waals surface area contributed by atoms with E-state index in [-0.39, 0.29) is 5.91 Å². The van der Waals surface area contributed by atoms with Crippen molar-refractivity contribution in [2.45, 2.75) is 13.8 Å². The van der Waals surface area contributed by atoms with Crippen molar-refractivity contribution in [3.8, 4) is 28.6 Å². The smallest absolute Gasteiger partial charge is 0.221 e. The van der Waals surface area contributed by atoms with E-state index in [9.17, 15) is 10.1 Å². The number of nitrogens with zero attached hydrogens (tertiary/aromatic N) is 2. The fraction of sp³-hybridized carbons (Fsp3) is 0.150. The number of carbonyl (C=O) groups excluding carboxylic acids is 1. The van der Waals surface area contributed by atoms with Crippen LogP contribution in [-0.2, 0) is 4.79 Å². The van der Waals surface area contributed by atoms with E-state index in [1.807, 2.05) is 55.6 Å². The number of hydrogen-bond acceptors (Lipinski definition) is 4. The van der Waals surface area contributed by atoms with Gasteiger partial charge in [0.15, 0.2) is 0 Å². The summed E-state index contributed by atoms with van der Waals surface area (Å²) in [7, 11) is 0. The Labute approximate surface area is 151 Å². The summed E-state index contributed by atoms with van der Waals surface area (Å²) < 4.78 is 0. The molecule has 0 fully saturated rings. The third-order valence-electron chi connectivity index (χ3n) is 3.86. The molecule has 26 heavy (non-hydrogen) atoms. The Kier molecular flexibility index (Phi) is 4.99. The summed E-state index contributed by atoms with van der Waals surface area (Å²) in [6.45, 7) is 4.10. The molecule has 0 unspecified atom stereocenters. The predicted molar refractivity (Wildman–Crippen MR) is 103 cm³/mol. The van der Waals surface area contributed by atoms with Gasteiger partial charge in [-0.3, -0.25) is 4.79 Å². The predicted octanol–water partition coefficient (Wildman–Crippen LogP) is 4.01. The van der Waals surface area contributed by atoms with Gasteiger partial charge in [-0.25, -0.2) is 4.98 Å². The molecule has 0 spiro atoms. The molecule has 0 atom stereocenters. The topological polar surface area (TPSA) is 93.6 Å². The highest BCUT2D eigenvalue weighted by atomic mass is 16.1. The summed E-state index contributed by atoms with van der Waals surface area (Å²) in [5.74, 6) is 0.445. The average molecular weight is 345 g/mol. The second kappa shape index (κ2) is 7.53. The number of nitriles is 1. The molecule has 6 heteroatoms. The molecule has 0 aliphatic carbocycles. The van der Waals surface area contributed by atoms with Crippen LogP contribution >= 0.6 is 0 Å². The summed E-state index contributed by atoms with van der Waals surface area (Å²) in [6, 6.07) is 15.4. The van der Waals surface area contributed by atoms with Gasteiger partial charge >= 0.3 is 0 Å². The Morgan fingerprint density at radius 3 is 2.62 bits per heavy atom. The van der Waals surface area contributed by atoms with E-state index in [1.54, 1.807) is 0 Å². The van der Waals surface area contributed by atoms with Crippen molar-refractivity contribution in [3.05, 3.63) is 54.2 Å². The third kappa shape index (κ3) is 3.57. The van der Waals surface area contributed by atoms with E-state index in [1.165, 1.54) is 6.92 Å². The zero-order valence-electron chi connectivity index (χ0n) is 14.6. The lowest BCUT2D eigenvalue weighted by Crippen LogP contribution is -2.06. The average Bonchev–Trinajstić information content (AvgIpc) is 3.16. The van der Waals surface area contributed by atoms with Crippen LogP contribution in [0.2, 0.25) is 0 Å². The van der Waals surface area contributed by atoms with E-state index < -0.39 is 0 Å². The minimum Gasteiger partial charge on any atom is -0.369 e. The van der Waals surface area contributed by atoms with Gasteiger partial charge in [0, 0.05) is 42.2 Å². The zero-order chi connectivity index (χ0) is 18.5. The van der Waals surface area contributed by atoms with E-state index in [4.69, 9.17) is 0 Å². The van der Waals surface area contributed by atoms with Crippen LogP contribution in [0.4, 0.5) is 11.5 Å². The van der Waals surface area contributed by atoms with Crippen molar-refractivity contribution in [2.24, 2.45) is 0 Å². The summed E-state index contributed by atoms with van der Waals surface area (Å²) in [5, 5.41) is 15.5. The lowest BCUT2D eigenvalue weighted by molar-refractivity contribution is -0.114. The largest absolute Gasteiger partial charge is 0.369 e. The molecule has 1 aromatic carbocycles. The van der Waals surface area contributed by atoms with Crippen molar-refractivity contribution in [3.63, 3.8) is 0 Å². The van der Waals surface area contributed by atoms with Gasteiger partial charge < -0.3 is 15.6 Å². The molecule has 0 saturated heterocycles. The number of pyridine rings is 1. The minimum absolute atomic E-state index is 0.113. The minimum atomic E-state index is -0.113. The number of carbonyl (C=O) groups is 1. The zero-order valence-corrected chi connectivity index (χ0v) is 14.6. The van der Waals surface area contributed by atoms with Crippen LogP contribution in [0.1, 0.15) is 19.4 Å². The number of nitrogens with one attached hydrogen (secondary N) is 3. The number of benzene rings is 1. The van der Waals surface area contributed by atoms with Gasteiger partial charge in [-0.15, -0.1) is 0 Å². The molecular formula is C20H19N5O. The van der Waals surface area contributed by atoms with Gasteiger partial charge in [-0.05, 0) is 37.3 Å². The van der Waals surface area contributed by atoms with Gasteiger partial charge in [-0.1, -0.05) is 12.1 Å². The Morgan fingerprint density at radius 2 is 2.04 bits per heavy atom. The molecular weight excluding hydrogens is 326 g/mol. The van der Waals surface area contributed by atoms with Crippen molar-refractivity contribution in [1.29, 1.82) is 5.26 Å². The number of hydrogen-bond donors (Lipinski definition) is 3. The first kappa shape index (κ1) is 17.2. The highest BCUT2D eigenvalue weighted by Crippen LogP contribution is 2.31. The van der Waals surface area contributed by atoms with Crippen molar-refractivity contribution in [1.82, 2.24) is 9.97 Å². The van der Waals surface area contributed by atoms with Crippen LogP contribution in [0.15, 0.2) is 48.7 Å². The molecule has 1 amide bonds. The summed E-state index contributed by atoms with van der Waals surface area (Å²) in [5.41, 5.74) is 4.54. The standard InChI is InChI=1S/C20H19N5O/c1-3-22-20-17(12-21)16(18-5-4-10-23-18)11-19(25-20)14-6-8-15(9-7-14)24-13(2)26/h4-11,23H,3H2,1-2H3,(H,22,25)(H,24,26). The molecule has 3 aromatic rings. The van der Waals surface area contributed by atoms with Crippen molar-refractivity contribution >= 4 is 17.4 Å². The van der Waals surface area contributed by atoms with Gasteiger partial charge in [0.2, 0.25) is 5.91 Å². The van der Waals surface area contributed by atoms with E-state index in [0.717, 1.165) is 28.2 Å². The number of anilines is 2. The van der Waals surface area contributed by atoms with Crippen LogP contribution in [-0.4, -0.2) is 22.4 Å². The normalized spacial score (nSPS) is 10.2. The maximum atomic E-state index is 11.2. The molecule has 3 N–H and O–H groups in total. The first-order valence-electron chi connectivity index (χ1n) is 8.33. The maximum Gasteiger partial charge on any atom is 0.221 e. The lowest BCUT2D eigenvalue weighted by atomic mass is 10.0. The molecule has 0 saturated carbocycles. The summed E-state index contributed by atoms with van der Waals surface area (Å²) in [4.78, 5) is 18.9. The molecule has 2 aromatic heterocycles. The number of aromatic nitrogens is 2. The Balaban J connectivity index is 2.10. The summed E-state index contributed by atoms with van der Waals surface area (Å²) >= 11 is 0. The van der Waals surface area contributed by atoms with Crippen LogP contribution in [0.25, 0.3) is 22.5 Å². The fourth-order valence-corrected chi connectivity index (χ4v) is 2.74. The van der Waals surface area contributed by atoms with Crippen LogP contribution in [0.5, 0.6) is 0 Å². The summed E-state index contributed by atoms with van der Waals surface area (Å²) in [6.07, 6.45) is 1.83. The molecule has 0 radical (unpaired) electrons. The Morgan fingerprint density at radius 1 is 1.27 bits per heavy atom. The molecule has 0 aliphatic heterocycles. The fourth-order valence-electron chi connectivity index (χ4n) is 2.74. The Bertz CT molecular complexity index is 953. The second-order valence-electron chi connectivity index (χ2n) is 5.76. The van der Waals surface area contributed by atoms with Crippen molar-refractivity contribution in [2.75, 3.05) is 17.2 Å². The van der Waals surface area contributed by atoms with Crippen LogP contribution < -0.4 is 10.6 Å².